The van der Waals surface area contributed by atoms with Crippen LogP contribution in [0.5, 0.6) is 0 Å². The van der Waals surface area contributed by atoms with Gasteiger partial charge in [0.2, 0.25) is 0 Å². The maximum Gasteiger partial charge on any atom is 0.306 e. The third-order valence-electron chi connectivity index (χ3n) is 12.9. The van der Waals surface area contributed by atoms with Crippen molar-refractivity contribution in [3.05, 3.63) is 24.3 Å². The molecule has 0 bridgehead atoms. The van der Waals surface area contributed by atoms with Crippen molar-refractivity contribution in [1.82, 2.24) is 0 Å². The second-order valence-corrected chi connectivity index (χ2v) is 19.6. The highest BCUT2D eigenvalue weighted by atomic mass is 16.6. The molecule has 0 amide bonds. The van der Waals surface area contributed by atoms with Gasteiger partial charge < -0.3 is 14.2 Å². The molecule has 0 aromatic heterocycles. The predicted octanol–water partition coefficient (Wildman–Crippen LogP) is 19.1. The van der Waals surface area contributed by atoms with Crippen molar-refractivity contribution in [3.8, 4) is 0 Å². The van der Waals surface area contributed by atoms with Gasteiger partial charge >= 0.3 is 17.9 Å². The van der Waals surface area contributed by atoms with Crippen LogP contribution in [-0.4, -0.2) is 37.2 Å². The number of carbonyl (C=O) groups excluding carboxylic acids is 3. The minimum absolute atomic E-state index is 0.0714. The summed E-state index contributed by atoms with van der Waals surface area (Å²) in [5.41, 5.74) is 0. The number of hydrogen-bond acceptors (Lipinski definition) is 6. The fourth-order valence-corrected chi connectivity index (χ4v) is 8.56. The van der Waals surface area contributed by atoms with Crippen LogP contribution in [-0.2, 0) is 28.6 Å². The molecule has 6 nitrogen and oxygen atoms in total. The van der Waals surface area contributed by atoms with Gasteiger partial charge in [0.15, 0.2) is 6.10 Å². The fourth-order valence-electron chi connectivity index (χ4n) is 8.56. The van der Waals surface area contributed by atoms with Crippen molar-refractivity contribution in [2.45, 2.75) is 322 Å². The van der Waals surface area contributed by atoms with E-state index >= 15 is 0 Å². The van der Waals surface area contributed by atoms with Crippen molar-refractivity contribution in [1.29, 1.82) is 0 Å². The number of allylic oxidation sites excluding steroid dienone is 4. The maximum absolute atomic E-state index is 12.8. The van der Waals surface area contributed by atoms with E-state index in [0.717, 1.165) is 70.6 Å². The molecule has 0 aliphatic rings. The van der Waals surface area contributed by atoms with Gasteiger partial charge in [-0.2, -0.15) is 0 Å². The van der Waals surface area contributed by atoms with E-state index in [4.69, 9.17) is 14.2 Å². The van der Waals surface area contributed by atoms with Crippen LogP contribution in [0.15, 0.2) is 24.3 Å². The summed E-state index contributed by atoms with van der Waals surface area (Å²) < 4.78 is 16.8. The zero-order chi connectivity index (χ0) is 47.2. The number of rotatable bonds is 53. The highest BCUT2D eigenvalue weighted by Crippen LogP contribution is 2.17. The summed E-state index contributed by atoms with van der Waals surface area (Å²) in [5.74, 6) is -0.869. The predicted molar refractivity (Wildman–Crippen MR) is 279 cm³/mol. The van der Waals surface area contributed by atoms with Gasteiger partial charge in [-0.15, -0.1) is 0 Å². The second-order valence-electron chi connectivity index (χ2n) is 19.6. The van der Waals surface area contributed by atoms with E-state index in [1.54, 1.807) is 0 Å². The topological polar surface area (TPSA) is 78.9 Å². The Hall–Kier alpha value is -2.11. The fraction of sp³-hybridized carbons (Fsp3) is 0.881. The number of unbranched alkanes of at least 4 members (excludes halogenated alkanes) is 38. The Morgan fingerprint density at radius 1 is 0.292 bits per heavy atom. The van der Waals surface area contributed by atoms with E-state index < -0.39 is 6.10 Å². The normalized spacial score (nSPS) is 12.1. The minimum Gasteiger partial charge on any atom is -0.462 e. The molecule has 0 heterocycles. The van der Waals surface area contributed by atoms with Crippen LogP contribution in [0.1, 0.15) is 316 Å². The zero-order valence-electron chi connectivity index (χ0n) is 43.8. The molecule has 382 valence electrons. The van der Waals surface area contributed by atoms with Crippen molar-refractivity contribution < 1.29 is 28.6 Å². The molecule has 0 radical (unpaired) electrons. The molecule has 65 heavy (non-hydrogen) atoms. The highest BCUT2D eigenvalue weighted by molar-refractivity contribution is 5.71. The average molecular weight is 916 g/mol. The van der Waals surface area contributed by atoms with Crippen molar-refractivity contribution in [2.24, 2.45) is 0 Å². The zero-order valence-corrected chi connectivity index (χ0v) is 43.8. The molecule has 6 heteroatoms. The molecule has 0 aromatic rings. The Morgan fingerprint density at radius 3 is 0.831 bits per heavy atom. The van der Waals surface area contributed by atoms with Crippen molar-refractivity contribution >= 4 is 17.9 Å². The van der Waals surface area contributed by atoms with Gasteiger partial charge in [-0.1, -0.05) is 257 Å². The molecule has 0 saturated heterocycles. The molecule has 0 fully saturated rings. The van der Waals surface area contributed by atoms with Gasteiger partial charge in [-0.05, 0) is 64.2 Å². The third-order valence-corrected chi connectivity index (χ3v) is 12.9. The largest absolute Gasteiger partial charge is 0.462 e. The van der Waals surface area contributed by atoms with Crippen LogP contribution in [0.3, 0.4) is 0 Å². The van der Waals surface area contributed by atoms with Gasteiger partial charge in [0.25, 0.3) is 0 Å². The van der Waals surface area contributed by atoms with E-state index in [1.165, 1.54) is 205 Å². The molecule has 1 unspecified atom stereocenters. The lowest BCUT2D eigenvalue weighted by molar-refractivity contribution is -0.167. The van der Waals surface area contributed by atoms with E-state index in [9.17, 15) is 14.4 Å². The van der Waals surface area contributed by atoms with Crippen LogP contribution in [0, 0.1) is 0 Å². The third kappa shape index (κ3) is 52.7. The Bertz CT molecular complexity index is 1050. The van der Waals surface area contributed by atoms with Crippen LogP contribution in [0.25, 0.3) is 0 Å². The molecule has 0 saturated carbocycles. The minimum atomic E-state index is -0.772. The summed E-state index contributed by atoms with van der Waals surface area (Å²) in [6.45, 7) is 6.61. The van der Waals surface area contributed by atoms with Crippen LogP contribution in [0.2, 0.25) is 0 Å². The second kappa shape index (κ2) is 54.5. The summed E-state index contributed by atoms with van der Waals surface area (Å²) >= 11 is 0. The molecular formula is C59H110O6. The van der Waals surface area contributed by atoms with Crippen molar-refractivity contribution in [2.75, 3.05) is 13.2 Å². The van der Waals surface area contributed by atoms with Gasteiger partial charge in [0, 0.05) is 19.3 Å². The SMILES string of the molecule is CCC/C=C\CCCCCCCC(=O)OCC(COC(=O)CCCCCCCCCCCCCCCCCCCCCC)OC(=O)CCCCCCCCC/C=C\CCCCCCCC. The van der Waals surface area contributed by atoms with E-state index in [2.05, 4.69) is 45.1 Å². The lowest BCUT2D eigenvalue weighted by atomic mass is 10.0. The Labute approximate surface area is 404 Å². The molecule has 0 N–H and O–H groups in total. The van der Waals surface area contributed by atoms with Crippen molar-refractivity contribution in [3.63, 3.8) is 0 Å². The maximum atomic E-state index is 12.8. The van der Waals surface area contributed by atoms with E-state index in [1.807, 2.05) is 0 Å². The summed E-state index contributed by atoms with van der Waals surface area (Å²) in [6, 6.07) is 0. The molecular weight excluding hydrogens is 805 g/mol. The van der Waals surface area contributed by atoms with Crippen LogP contribution >= 0.6 is 0 Å². The summed E-state index contributed by atoms with van der Waals surface area (Å²) in [6.07, 6.45) is 63.2. The van der Waals surface area contributed by atoms with E-state index in [-0.39, 0.29) is 31.1 Å². The first-order valence-corrected chi connectivity index (χ1v) is 28.8. The average Bonchev–Trinajstić information content (AvgIpc) is 3.30. The summed E-state index contributed by atoms with van der Waals surface area (Å²) in [7, 11) is 0. The Morgan fingerprint density at radius 2 is 0.538 bits per heavy atom. The highest BCUT2D eigenvalue weighted by Gasteiger charge is 2.19. The van der Waals surface area contributed by atoms with Gasteiger partial charge in [0.05, 0.1) is 0 Å². The standard InChI is InChI=1S/C59H110O6/c1-4-7-10-13-16-19-22-24-26-28-29-30-32-33-35-37-40-43-46-49-52-58(61)64-55-56(54-63-57(60)51-48-45-42-39-21-18-15-12-9-6-3)65-59(62)53-50-47-44-41-38-36-34-31-27-25-23-20-17-14-11-8-5-2/h12,15,25,27,56H,4-11,13-14,16-24,26,28-55H2,1-3H3/b15-12-,27-25-. The number of esters is 3. The quantitative estimate of drug-likeness (QED) is 0.0262. The smallest absolute Gasteiger partial charge is 0.306 e. The monoisotopic (exact) mass is 915 g/mol. The molecule has 0 aliphatic carbocycles. The molecule has 0 aromatic carbocycles. The number of ether oxygens (including phenoxy) is 3. The lowest BCUT2D eigenvalue weighted by Crippen LogP contribution is -2.30. The van der Waals surface area contributed by atoms with Gasteiger partial charge in [-0.25, -0.2) is 0 Å². The molecule has 1 atom stereocenters. The first kappa shape index (κ1) is 62.9. The Kier molecular flexibility index (Phi) is 52.7. The van der Waals surface area contributed by atoms with Gasteiger partial charge in [-0.3, -0.25) is 14.4 Å². The van der Waals surface area contributed by atoms with Gasteiger partial charge in [0.1, 0.15) is 13.2 Å². The molecule has 0 spiro atoms. The van der Waals surface area contributed by atoms with Crippen LogP contribution < -0.4 is 0 Å². The lowest BCUT2D eigenvalue weighted by Gasteiger charge is -2.18. The van der Waals surface area contributed by atoms with Crippen LogP contribution in [0.4, 0.5) is 0 Å². The first-order valence-electron chi connectivity index (χ1n) is 28.8. The first-order chi connectivity index (χ1) is 32.0. The summed E-state index contributed by atoms with van der Waals surface area (Å²) in [5, 5.41) is 0. The molecule has 0 aliphatic heterocycles. The number of carbonyl (C=O) groups is 3. The Balaban J connectivity index is 4.25. The molecule has 0 rings (SSSR count). The number of hydrogen-bond donors (Lipinski definition) is 0. The summed E-state index contributed by atoms with van der Waals surface area (Å²) in [4.78, 5) is 38.0. The van der Waals surface area contributed by atoms with E-state index in [0.29, 0.717) is 19.3 Å².